The van der Waals surface area contributed by atoms with Gasteiger partial charge >= 0.3 is 0 Å². The molecule has 0 aliphatic rings. The molecular weight excluding hydrogens is 202 g/mol. The van der Waals surface area contributed by atoms with E-state index in [1.54, 1.807) is 0 Å². The van der Waals surface area contributed by atoms with Gasteiger partial charge in [-0.1, -0.05) is 49.8 Å². The minimum absolute atomic E-state index is 0.396. The highest BCUT2D eigenvalue weighted by Gasteiger charge is 2.01. The molecule has 1 N–H and O–H groups in total. The Morgan fingerprint density at radius 2 is 1.87 bits per heavy atom. The molecule has 0 spiro atoms. The lowest BCUT2D eigenvalue weighted by Crippen LogP contribution is -2.29. The maximum absolute atomic E-state index is 5.25. The molecule has 0 bridgehead atoms. The molecule has 0 atom stereocenters. The van der Waals surface area contributed by atoms with E-state index in [9.17, 15) is 0 Å². The molecule has 0 aromatic heterocycles. The van der Waals surface area contributed by atoms with Crippen molar-refractivity contribution in [3.63, 3.8) is 0 Å². The molecule has 0 radical (unpaired) electrons. The van der Waals surface area contributed by atoms with Crippen molar-refractivity contribution in [3.8, 4) is 0 Å². The van der Waals surface area contributed by atoms with Crippen molar-refractivity contribution in [1.82, 2.24) is 5.32 Å². The Hall–Kier alpha value is -0.890. The molecule has 1 aromatic rings. The molecule has 84 valence electrons. The Labute approximate surface area is 98.9 Å². The van der Waals surface area contributed by atoms with Gasteiger partial charge in [-0.15, -0.1) is 0 Å². The van der Waals surface area contributed by atoms with E-state index >= 15 is 0 Å². The van der Waals surface area contributed by atoms with Crippen molar-refractivity contribution in [3.05, 3.63) is 35.4 Å². The van der Waals surface area contributed by atoms with Crippen molar-refractivity contribution >= 4 is 17.2 Å². The smallest absolute Gasteiger partial charge is 0.106 e. The van der Waals surface area contributed by atoms with Crippen LogP contribution in [0.1, 0.15) is 38.8 Å². The molecule has 0 saturated heterocycles. The highest BCUT2D eigenvalue weighted by molar-refractivity contribution is 7.80. The number of hydrogen-bond acceptors (Lipinski definition) is 1. The average Bonchev–Trinajstić information content (AvgIpc) is 2.20. The van der Waals surface area contributed by atoms with Crippen LogP contribution in [0, 0.1) is 6.92 Å². The fourth-order valence-corrected chi connectivity index (χ4v) is 1.49. The summed E-state index contributed by atoms with van der Waals surface area (Å²) in [6.45, 7) is 10.2. The zero-order chi connectivity index (χ0) is 11.8. The summed E-state index contributed by atoms with van der Waals surface area (Å²) in [5, 5.41) is 3.22. The molecule has 0 fully saturated rings. The SMILES string of the molecule is CC.Cc1cccc(C(=S)NC(C)C)c1. The first-order valence-electron chi connectivity index (χ1n) is 5.47. The topological polar surface area (TPSA) is 12.0 Å². The van der Waals surface area contributed by atoms with E-state index in [-0.39, 0.29) is 0 Å². The molecule has 0 heterocycles. The zero-order valence-electron chi connectivity index (χ0n) is 10.3. The van der Waals surface area contributed by atoms with Crippen molar-refractivity contribution in [2.45, 2.75) is 40.7 Å². The predicted octanol–water partition coefficient (Wildman–Crippen LogP) is 3.69. The Morgan fingerprint density at radius 1 is 1.27 bits per heavy atom. The minimum Gasteiger partial charge on any atom is -0.374 e. The fourth-order valence-electron chi connectivity index (χ4n) is 1.13. The standard InChI is InChI=1S/C11H15NS.C2H6/c1-8(2)12-11(13)10-6-4-5-9(3)7-10;1-2/h4-8H,1-3H3,(H,12,13);1-2H3. The van der Waals surface area contributed by atoms with Gasteiger partial charge in [0.25, 0.3) is 0 Å². The summed E-state index contributed by atoms with van der Waals surface area (Å²) in [6.07, 6.45) is 0. The minimum atomic E-state index is 0.396. The summed E-state index contributed by atoms with van der Waals surface area (Å²) >= 11 is 5.25. The van der Waals surface area contributed by atoms with E-state index in [4.69, 9.17) is 12.2 Å². The number of rotatable bonds is 2. The van der Waals surface area contributed by atoms with E-state index < -0.39 is 0 Å². The maximum atomic E-state index is 5.25. The second-order valence-corrected chi connectivity index (χ2v) is 3.91. The molecule has 0 saturated carbocycles. The van der Waals surface area contributed by atoms with Crippen molar-refractivity contribution in [2.75, 3.05) is 0 Å². The number of thiocarbonyl (C=S) groups is 1. The van der Waals surface area contributed by atoms with Crippen molar-refractivity contribution in [2.24, 2.45) is 0 Å². The monoisotopic (exact) mass is 223 g/mol. The van der Waals surface area contributed by atoms with E-state index in [2.05, 4.69) is 38.2 Å². The van der Waals surface area contributed by atoms with Crippen molar-refractivity contribution in [1.29, 1.82) is 0 Å². The molecule has 0 aliphatic carbocycles. The van der Waals surface area contributed by atoms with Crippen LogP contribution in [0.3, 0.4) is 0 Å². The summed E-state index contributed by atoms with van der Waals surface area (Å²) in [5.74, 6) is 0. The van der Waals surface area contributed by atoms with Gasteiger partial charge in [0.2, 0.25) is 0 Å². The Bertz CT molecular complexity index is 305. The molecule has 1 aromatic carbocycles. The van der Waals surface area contributed by atoms with Crippen LogP contribution in [0.15, 0.2) is 24.3 Å². The number of hydrogen-bond donors (Lipinski definition) is 1. The van der Waals surface area contributed by atoms with Gasteiger partial charge in [-0.2, -0.15) is 0 Å². The fraction of sp³-hybridized carbons (Fsp3) is 0.462. The van der Waals surface area contributed by atoms with Gasteiger partial charge in [-0.05, 0) is 26.8 Å². The van der Waals surface area contributed by atoms with E-state index in [1.165, 1.54) is 5.56 Å². The Morgan fingerprint density at radius 3 is 2.33 bits per heavy atom. The van der Waals surface area contributed by atoms with Crippen LogP contribution in [0.5, 0.6) is 0 Å². The molecule has 0 unspecified atom stereocenters. The molecular formula is C13H21NS. The second kappa shape index (κ2) is 7.41. The van der Waals surface area contributed by atoms with Crippen LogP contribution in [0.2, 0.25) is 0 Å². The van der Waals surface area contributed by atoms with E-state index in [0.717, 1.165) is 10.6 Å². The van der Waals surface area contributed by atoms with Crippen LogP contribution in [-0.2, 0) is 0 Å². The van der Waals surface area contributed by atoms with Gasteiger partial charge in [-0.25, -0.2) is 0 Å². The third kappa shape index (κ3) is 5.53. The summed E-state index contributed by atoms with van der Waals surface area (Å²) in [6, 6.07) is 8.62. The second-order valence-electron chi connectivity index (χ2n) is 3.50. The first-order chi connectivity index (χ1) is 7.09. The largest absolute Gasteiger partial charge is 0.374 e. The van der Waals surface area contributed by atoms with E-state index in [1.807, 2.05) is 26.0 Å². The average molecular weight is 223 g/mol. The van der Waals surface area contributed by atoms with Crippen molar-refractivity contribution < 1.29 is 0 Å². The van der Waals surface area contributed by atoms with Gasteiger partial charge in [0.05, 0.1) is 0 Å². The third-order valence-corrected chi connectivity index (χ3v) is 2.05. The molecule has 0 amide bonds. The van der Waals surface area contributed by atoms with E-state index in [0.29, 0.717) is 6.04 Å². The summed E-state index contributed by atoms with van der Waals surface area (Å²) in [4.78, 5) is 0.832. The lowest BCUT2D eigenvalue weighted by molar-refractivity contribution is 0.740. The highest BCUT2D eigenvalue weighted by Crippen LogP contribution is 2.04. The summed E-state index contributed by atoms with van der Waals surface area (Å²) in [7, 11) is 0. The van der Waals surface area contributed by atoms with Crippen LogP contribution < -0.4 is 5.32 Å². The van der Waals surface area contributed by atoms with Crippen LogP contribution >= 0.6 is 12.2 Å². The highest BCUT2D eigenvalue weighted by atomic mass is 32.1. The molecule has 1 rings (SSSR count). The van der Waals surface area contributed by atoms with Gasteiger partial charge in [0.15, 0.2) is 0 Å². The summed E-state index contributed by atoms with van der Waals surface area (Å²) in [5.41, 5.74) is 2.34. The summed E-state index contributed by atoms with van der Waals surface area (Å²) < 4.78 is 0. The van der Waals surface area contributed by atoms with Crippen LogP contribution in [0.25, 0.3) is 0 Å². The molecule has 0 aliphatic heterocycles. The first-order valence-corrected chi connectivity index (χ1v) is 5.88. The van der Waals surface area contributed by atoms with Gasteiger partial charge in [-0.3, -0.25) is 0 Å². The number of benzene rings is 1. The predicted molar refractivity (Wildman–Crippen MR) is 72.5 cm³/mol. The number of nitrogens with one attached hydrogen (secondary N) is 1. The van der Waals surface area contributed by atoms with Crippen LogP contribution in [-0.4, -0.2) is 11.0 Å². The van der Waals surface area contributed by atoms with Gasteiger partial charge in [0.1, 0.15) is 4.99 Å². The molecule has 15 heavy (non-hydrogen) atoms. The third-order valence-electron chi connectivity index (χ3n) is 1.70. The Kier molecular flexibility index (Phi) is 6.97. The zero-order valence-corrected chi connectivity index (χ0v) is 11.1. The molecule has 2 heteroatoms. The van der Waals surface area contributed by atoms with Crippen LogP contribution in [0.4, 0.5) is 0 Å². The lowest BCUT2D eigenvalue weighted by atomic mass is 10.1. The quantitative estimate of drug-likeness (QED) is 0.767. The number of aryl methyl sites for hydroxylation is 1. The van der Waals surface area contributed by atoms with Gasteiger partial charge < -0.3 is 5.32 Å². The first kappa shape index (κ1) is 14.1. The Balaban J connectivity index is 0.000000921. The van der Waals surface area contributed by atoms with Gasteiger partial charge in [0, 0.05) is 11.6 Å². The lowest BCUT2D eigenvalue weighted by Gasteiger charge is -2.11. The molecule has 1 nitrogen and oxygen atoms in total. The normalized spacial score (nSPS) is 9.20. The maximum Gasteiger partial charge on any atom is 0.106 e.